The van der Waals surface area contributed by atoms with Crippen molar-refractivity contribution >= 4 is 11.6 Å². The quantitative estimate of drug-likeness (QED) is 0.845. The van der Waals surface area contributed by atoms with Crippen molar-refractivity contribution in [3.8, 4) is 5.75 Å². The molecule has 1 saturated heterocycles. The lowest BCUT2D eigenvalue weighted by molar-refractivity contribution is 0.212. The Hall–Kier alpha value is -0.770. The van der Waals surface area contributed by atoms with Gasteiger partial charge in [0.05, 0.1) is 6.61 Å². The van der Waals surface area contributed by atoms with E-state index < -0.39 is 0 Å². The van der Waals surface area contributed by atoms with Gasteiger partial charge in [-0.2, -0.15) is 0 Å². The zero-order valence-corrected chi connectivity index (χ0v) is 14.2. The Morgan fingerprint density at radius 3 is 2.62 bits per heavy atom. The summed E-state index contributed by atoms with van der Waals surface area (Å²) in [6.45, 7) is 12.9. The van der Waals surface area contributed by atoms with Crippen molar-refractivity contribution < 1.29 is 4.74 Å². The van der Waals surface area contributed by atoms with E-state index in [2.05, 4.69) is 31.0 Å². The summed E-state index contributed by atoms with van der Waals surface area (Å²) in [6.07, 6.45) is 1.06. The third kappa shape index (κ3) is 5.17. The molecule has 118 valence electrons. The fraction of sp³-hybridized carbons (Fsp3) is 0.647. The average Bonchev–Trinajstić information content (AvgIpc) is 2.45. The third-order valence-electron chi connectivity index (χ3n) is 3.84. The van der Waals surface area contributed by atoms with E-state index in [1.54, 1.807) is 0 Å². The molecule has 0 saturated carbocycles. The average molecular weight is 311 g/mol. The third-order valence-corrected chi connectivity index (χ3v) is 4.07. The summed E-state index contributed by atoms with van der Waals surface area (Å²) < 4.78 is 6.01. The lowest BCUT2D eigenvalue weighted by Gasteiger charge is -2.27. The number of hydrogen-bond acceptors (Lipinski definition) is 3. The predicted molar refractivity (Wildman–Crippen MR) is 89.6 cm³/mol. The van der Waals surface area contributed by atoms with Crippen molar-refractivity contribution in [2.24, 2.45) is 0 Å². The Kier molecular flexibility index (Phi) is 5.91. The minimum Gasteiger partial charge on any atom is -0.493 e. The van der Waals surface area contributed by atoms with Crippen LogP contribution < -0.4 is 10.1 Å². The molecule has 0 atom stereocenters. The normalized spacial score (nSPS) is 17.0. The Bertz CT molecular complexity index is 451. The van der Waals surface area contributed by atoms with Gasteiger partial charge in [-0.3, -0.25) is 0 Å². The maximum absolute atomic E-state index is 6.12. The summed E-state index contributed by atoms with van der Waals surface area (Å²) in [5, 5.41) is 4.15. The monoisotopic (exact) mass is 310 g/mol. The van der Waals surface area contributed by atoms with Crippen molar-refractivity contribution in [2.75, 3.05) is 39.3 Å². The Balaban J connectivity index is 1.85. The SMILES string of the molecule is CC(C)(C)c1cc(Cl)ccc1OCCCN1CCNCC1. The molecular formula is C17H27ClN2O. The second-order valence-corrected chi connectivity index (χ2v) is 7.12. The van der Waals surface area contributed by atoms with Gasteiger partial charge >= 0.3 is 0 Å². The highest BCUT2D eigenvalue weighted by atomic mass is 35.5. The van der Waals surface area contributed by atoms with Crippen LogP contribution in [0.1, 0.15) is 32.8 Å². The van der Waals surface area contributed by atoms with E-state index in [-0.39, 0.29) is 5.41 Å². The highest BCUT2D eigenvalue weighted by Gasteiger charge is 2.19. The Labute approximate surface area is 133 Å². The van der Waals surface area contributed by atoms with Crippen LogP contribution >= 0.6 is 11.6 Å². The lowest BCUT2D eigenvalue weighted by Crippen LogP contribution is -2.44. The number of ether oxygens (including phenoxy) is 1. The molecule has 2 rings (SSSR count). The van der Waals surface area contributed by atoms with Crippen molar-refractivity contribution in [3.63, 3.8) is 0 Å². The molecule has 0 aliphatic carbocycles. The van der Waals surface area contributed by atoms with Gasteiger partial charge in [0, 0.05) is 43.3 Å². The van der Waals surface area contributed by atoms with Crippen LogP contribution in [0.15, 0.2) is 18.2 Å². The predicted octanol–water partition coefficient (Wildman–Crippen LogP) is 3.31. The largest absolute Gasteiger partial charge is 0.493 e. The zero-order chi connectivity index (χ0) is 15.3. The molecule has 1 aliphatic rings. The van der Waals surface area contributed by atoms with Gasteiger partial charge in [0.1, 0.15) is 5.75 Å². The fourth-order valence-electron chi connectivity index (χ4n) is 2.62. The summed E-state index contributed by atoms with van der Waals surface area (Å²) in [5.74, 6) is 0.965. The first-order chi connectivity index (χ1) is 9.97. The van der Waals surface area contributed by atoms with Crippen molar-refractivity contribution in [3.05, 3.63) is 28.8 Å². The summed E-state index contributed by atoms with van der Waals surface area (Å²) in [5.41, 5.74) is 1.22. The first-order valence-corrected chi connectivity index (χ1v) is 8.20. The van der Waals surface area contributed by atoms with E-state index in [1.807, 2.05) is 18.2 Å². The molecule has 0 spiro atoms. The van der Waals surface area contributed by atoms with E-state index in [0.717, 1.165) is 56.5 Å². The van der Waals surface area contributed by atoms with Gasteiger partial charge in [-0.1, -0.05) is 32.4 Å². The first-order valence-electron chi connectivity index (χ1n) is 7.83. The molecule has 0 aromatic heterocycles. The van der Waals surface area contributed by atoms with Crippen LogP contribution in [-0.2, 0) is 5.41 Å². The molecule has 21 heavy (non-hydrogen) atoms. The molecule has 1 aliphatic heterocycles. The van der Waals surface area contributed by atoms with Crippen LogP contribution in [-0.4, -0.2) is 44.2 Å². The van der Waals surface area contributed by atoms with E-state index in [0.29, 0.717) is 0 Å². The minimum absolute atomic E-state index is 0.0404. The topological polar surface area (TPSA) is 24.5 Å². The van der Waals surface area contributed by atoms with Crippen LogP contribution in [0.25, 0.3) is 0 Å². The molecule has 1 aromatic carbocycles. The van der Waals surface area contributed by atoms with Crippen molar-refractivity contribution in [1.82, 2.24) is 10.2 Å². The molecule has 1 N–H and O–H groups in total. The maximum Gasteiger partial charge on any atom is 0.123 e. The molecule has 1 fully saturated rings. The van der Waals surface area contributed by atoms with Crippen molar-refractivity contribution in [1.29, 1.82) is 0 Å². The van der Waals surface area contributed by atoms with E-state index in [1.165, 1.54) is 5.56 Å². The minimum atomic E-state index is 0.0404. The van der Waals surface area contributed by atoms with Gasteiger partial charge in [-0.05, 0) is 30.0 Å². The smallest absolute Gasteiger partial charge is 0.123 e. The molecule has 0 bridgehead atoms. The van der Waals surface area contributed by atoms with Gasteiger partial charge in [-0.15, -0.1) is 0 Å². The molecular weight excluding hydrogens is 284 g/mol. The van der Waals surface area contributed by atoms with Gasteiger partial charge in [0.25, 0.3) is 0 Å². The number of benzene rings is 1. The number of hydrogen-bond donors (Lipinski definition) is 1. The summed E-state index contributed by atoms with van der Waals surface area (Å²) in [7, 11) is 0. The summed E-state index contributed by atoms with van der Waals surface area (Å²) in [6, 6.07) is 5.92. The first kappa shape index (κ1) is 16.6. The summed E-state index contributed by atoms with van der Waals surface area (Å²) in [4.78, 5) is 2.49. The lowest BCUT2D eigenvalue weighted by atomic mass is 9.86. The summed E-state index contributed by atoms with van der Waals surface area (Å²) >= 11 is 6.12. The van der Waals surface area contributed by atoms with Crippen molar-refractivity contribution in [2.45, 2.75) is 32.6 Å². The van der Waals surface area contributed by atoms with Gasteiger partial charge in [-0.25, -0.2) is 0 Å². The van der Waals surface area contributed by atoms with Crippen LogP contribution in [0.3, 0.4) is 0 Å². The van der Waals surface area contributed by atoms with E-state index in [4.69, 9.17) is 16.3 Å². The van der Waals surface area contributed by atoms with E-state index >= 15 is 0 Å². The number of piperazine rings is 1. The molecule has 0 amide bonds. The molecule has 4 heteroatoms. The number of rotatable bonds is 5. The van der Waals surface area contributed by atoms with Crippen LogP contribution in [0.4, 0.5) is 0 Å². The van der Waals surface area contributed by atoms with Gasteiger partial charge in [0.15, 0.2) is 0 Å². The Morgan fingerprint density at radius 1 is 1.24 bits per heavy atom. The van der Waals surface area contributed by atoms with Gasteiger partial charge in [0.2, 0.25) is 0 Å². The van der Waals surface area contributed by atoms with Crippen LogP contribution in [0.2, 0.25) is 5.02 Å². The second kappa shape index (κ2) is 7.48. The molecule has 0 unspecified atom stereocenters. The second-order valence-electron chi connectivity index (χ2n) is 6.68. The van der Waals surface area contributed by atoms with Crippen LogP contribution in [0.5, 0.6) is 5.75 Å². The molecule has 3 nitrogen and oxygen atoms in total. The van der Waals surface area contributed by atoms with Crippen LogP contribution in [0, 0.1) is 0 Å². The highest BCUT2D eigenvalue weighted by molar-refractivity contribution is 6.30. The number of nitrogens with zero attached hydrogens (tertiary/aromatic N) is 1. The molecule has 1 heterocycles. The fourth-order valence-corrected chi connectivity index (χ4v) is 2.79. The molecule has 1 aromatic rings. The maximum atomic E-state index is 6.12. The number of halogens is 1. The Morgan fingerprint density at radius 2 is 1.95 bits per heavy atom. The standard InChI is InChI=1S/C17H27ClN2O/c1-17(2,3)15-13-14(18)5-6-16(15)21-12-4-9-20-10-7-19-8-11-20/h5-6,13,19H,4,7-12H2,1-3H3. The highest BCUT2D eigenvalue weighted by Crippen LogP contribution is 2.33. The van der Waals surface area contributed by atoms with Gasteiger partial charge < -0.3 is 15.0 Å². The van der Waals surface area contributed by atoms with E-state index in [9.17, 15) is 0 Å². The zero-order valence-electron chi connectivity index (χ0n) is 13.4. The number of nitrogens with one attached hydrogen (secondary N) is 1. The molecule has 0 radical (unpaired) electrons.